The summed E-state index contributed by atoms with van der Waals surface area (Å²) in [7, 11) is 0. The molecule has 0 spiro atoms. The van der Waals surface area contributed by atoms with Gasteiger partial charge in [0.15, 0.2) is 0 Å². The maximum absolute atomic E-state index is 2.87. The van der Waals surface area contributed by atoms with E-state index in [-0.39, 0.29) is 0 Å². The highest BCUT2D eigenvalue weighted by Crippen LogP contribution is 2.11. The van der Waals surface area contributed by atoms with Gasteiger partial charge in [-0.3, -0.25) is 0 Å². The molecule has 3 nitrogen and oxygen atoms in total. The Morgan fingerprint density at radius 1 is 0.190 bits per heavy atom. The summed E-state index contributed by atoms with van der Waals surface area (Å²) in [5.74, 6) is 0. The normalized spacial score (nSPS) is 12.0. The Labute approximate surface area is 268 Å². The third-order valence-corrected chi connectivity index (χ3v) is 9.35. The smallest absolute Gasteiger partial charge is 0.0110 e. The molecule has 0 aromatic carbocycles. The average Bonchev–Trinajstić information content (AvgIpc) is 3.00. The van der Waals surface area contributed by atoms with Crippen molar-refractivity contribution in [1.82, 2.24) is 14.7 Å². The molecule has 0 N–H and O–H groups in total. The summed E-state index contributed by atoms with van der Waals surface area (Å²) in [5.41, 5.74) is 0. The van der Waals surface area contributed by atoms with E-state index < -0.39 is 0 Å². The van der Waals surface area contributed by atoms with E-state index in [1.165, 1.54) is 219 Å². The molecule has 0 fully saturated rings. The molecule has 0 bridgehead atoms. The molecule has 0 aliphatic heterocycles. The van der Waals surface area contributed by atoms with Crippen molar-refractivity contribution in [1.29, 1.82) is 0 Å². The van der Waals surface area contributed by atoms with Crippen LogP contribution in [0.4, 0.5) is 0 Å². The molecule has 254 valence electrons. The lowest BCUT2D eigenvalue weighted by Gasteiger charge is -2.30. The zero-order chi connectivity index (χ0) is 30.8. The fraction of sp³-hybridized carbons (Fsp3) is 1.00. The maximum Gasteiger partial charge on any atom is 0.0110 e. The zero-order valence-electron chi connectivity index (χ0n) is 30.4. The predicted octanol–water partition coefficient (Wildman–Crippen LogP) is 11.7. The first kappa shape index (κ1) is 41.9. The Morgan fingerprint density at radius 3 is 0.548 bits per heavy atom. The molecule has 0 rings (SSSR count). The summed E-state index contributed by atoms with van der Waals surface area (Å²) in [5, 5.41) is 0. The summed E-state index contributed by atoms with van der Waals surface area (Å²) >= 11 is 0. The Kier molecular flexibility index (Phi) is 35.3. The molecule has 0 saturated heterocycles. The van der Waals surface area contributed by atoms with Gasteiger partial charge in [0, 0.05) is 26.2 Å². The second kappa shape index (κ2) is 35.4. The van der Waals surface area contributed by atoms with Gasteiger partial charge in [-0.05, 0) is 64.8 Å². The van der Waals surface area contributed by atoms with Gasteiger partial charge >= 0.3 is 0 Å². The van der Waals surface area contributed by atoms with Gasteiger partial charge < -0.3 is 14.7 Å². The highest BCUT2D eigenvalue weighted by molar-refractivity contribution is 4.69. The molecule has 0 aromatic rings. The van der Waals surface area contributed by atoms with Crippen LogP contribution in [0.1, 0.15) is 195 Å². The summed E-state index contributed by atoms with van der Waals surface area (Å²) < 4.78 is 0. The molecule has 3 heteroatoms. The van der Waals surface area contributed by atoms with Gasteiger partial charge in [-0.15, -0.1) is 0 Å². The number of rotatable bonds is 36. The fourth-order valence-electron chi connectivity index (χ4n) is 6.27. The van der Waals surface area contributed by atoms with E-state index in [1.807, 2.05) is 0 Å². The molecule has 0 heterocycles. The number of unbranched alkanes of at least 4 members (excludes halogenated alkanes) is 20. The van der Waals surface area contributed by atoms with Gasteiger partial charge in [0.25, 0.3) is 0 Å². The molecule has 0 aromatic heterocycles. The maximum atomic E-state index is 2.87. The van der Waals surface area contributed by atoms with Crippen LogP contribution in [0.15, 0.2) is 0 Å². The number of hydrogen-bond donors (Lipinski definition) is 0. The van der Waals surface area contributed by atoms with Crippen molar-refractivity contribution in [2.75, 3.05) is 58.9 Å². The largest absolute Gasteiger partial charge is 0.302 e. The number of nitrogens with zero attached hydrogens (tertiary/aromatic N) is 3. The minimum atomic E-state index is 1.28. The average molecular weight is 594 g/mol. The van der Waals surface area contributed by atoms with Gasteiger partial charge in [0.05, 0.1) is 0 Å². The third-order valence-electron chi connectivity index (χ3n) is 9.35. The molecule has 0 aliphatic carbocycles. The standard InChI is InChI=1S/C39H83N3/c1-6-11-16-21-26-31-40(32-27-22-17-12-7-2)36-38-42(35-30-25-20-15-10-5)39-37-41(33-28-23-18-13-8-3)34-29-24-19-14-9-4/h6-39H2,1-5H3. The van der Waals surface area contributed by atoms with Gasteiger partial charge in [-0.25, -0.2) is 0 Å². The van der Waals surface area contributed by atoms with Gasteiger partial charge in [0.2, 0.25) is 0 Å². The van der Waals surface area contributed by atoms with Crippen molar-refractivity contribution in [3.63, 3.8) is 0 Å². The molecular weight excluding hydrogens is 510 g/mol. The summed E-state index contributed by atoms with van der Waals surface area (Å²) in [6.07, 6.45) is 35.0. The van der Waals surface area contributed by atoms with Crippen LogP contribution >= 0.6 is 0 Å². The highest BCUT2D eigenvalue weighted by atomic mass is 15.2. The molecule has 0 unspecified atom stereocenters. The van der Waals surface area contributed by atoms with Crippen molar-refractivity contribution in [2.45, 2.75) is 195 Å². The van der Waals surface area contributed by atoms with Crippen LogP contribution in [0.2, 0.25) is 0 Å². The minimum absolute atomic E-state index is 1.28. The third kappa shape index (κ3) is 29.9. The molecule has 0 amide bonds. The van der Waals surface area contributed by atoms with Crippen LogP contribution in [-0.4, -0.2) is 73.6 Å². The second-order valence-electron chi connectivity index (χ2n) is 13.6. The first-order valence-electron chi connectivity index (χ1n) is 19.9. The lowest BCUT2D eigenvalue weighted by atomic mass is 10.1. The van der Waals surface area contributed by atoms with Crippen molar-refractivity contribution >= 4 is 0 Å². The van der Waals surface area contributed by atoms with Crippen molar-refractivity contribution in [3.05, 3.63) is 0 Å². The van der Waals surface area contributed by atoms with E-state index in [2.05, 4.69) is 49.3 Å². The SMILES string of the molecule is CCCCCCCN(CCCCCCC)CCN(CCCCCCC)CCN(CCCCCCC)CCCCCCC. The van der Waals surface area contributed by atoms with Crippen LogP contribution in [-0.2, 0) is 0 Å². The molecule has 0 saturated carbocycles. The van der Waals surface area contributed by atoms with Crippen LogP contribution in [0.3, 0.4) is 0 Å². The van der Waals surface area contributed by atoms with Gasteiger partial charge in [-0.2, -0.15) is 0 Å². The Balaban J connectivity index is 5.00. The van der Waals surface area contributed by atoms with Crippen molar-refractivity contribution in [2.24, 2.45) is 0 Å². The Bertz CT molecular complexity index is 418. The van der Waals surface area contributed by atoms with Crippen LogP contribution < -0.4 is 0 Å². The summed E-state index contributed by atoms with van der Waals surface area (Å²) in [4.78, 5) is 8.57. The van der Waals surface area contributed by atoms with Gasteiger partial charge in [0.1, 0.15) is 0 Å². The van der Waals surface area contributed by atoms with Gasteiger partial charge in [-0.1, -0.05) is 163 Å². The molecule has 0 aliphatic rings. The first-order valence-corrected chi connectivity index (χ1v) is 19.9. The van der Waals surface area contributed by atoms with Crippen LogP contribution in [0, 0.1) is 0 Å². The second-order valence-corrected chi connectivity index (χ2v) is 13.6. The van der Waals surface area contributed by atoms with Crippen LogP contribution in [0.5, 0.6) is 0 Å². The lowest BCUT2D eigenvalue weighted by Crippen LogP contribution is -2.41. The van der Waals surface area contributed by atoms with E-state index in [0.29, 0.717) is 0 Å². The van der Waals surface area contributed by atoms with Crippen molar-refractivity contribution < 1.29 is 0 Å². The van der Waals surface area contributed by atoms with Crippen molar-refractivity contribution in [3.8, 4) is 0 Å². The lowest BCUT2D eigenvalue weighted by molar-refractivity contribution is 0.167. The quantitative estimate of drug-likeness (QED) is 0.0669. The van der Waals surface area contributed by atoms with E-state index in [1.54, 1.807) is 0 Å². The fourth-order valence-corrected chi connectivity index (χ4v) is 6.27. The van der Waals surface area contributed by atoms with E-state index in [4.69, 9.17) is 0 Å². The highest BCUT2D eigenvalue weighted by Gasteiger charge is 2.12. The first-order chi connectivity index (χ1) is 20.7. The zero-order valence-corrected chi connectivity index (χ0v) is 30.4. The molecule has 0 atom stereocenters. The summed E-state index contributed by atoms with van der Waals surface area (Å²) in [6.45, 7) is 23.4. The topological polar surface area (TPSA) is 9.72 Å². The van der Waals surface area contributed by atoms with E-state index in [9.17, 15) is 0 Å². The van der Waals surface area contributed by atoms with Crippen LogP contribution in [0.25, 0.3) is 0 Å². The molecular formula is C39H83N3. The summed E-state index contributed by atoms with van der Waals surface area (Å²) in [6, 6.07) is 0. The minimum Gasteiger partial charge on any atom is -0.302 e. The van der Waals surface area contributed by atoms with E-state index in [0.717, 1.165) is 0 Å². The molecule has 42 heavy (non-hydrogen) atoms. The monoisotopic (exact) mass is 594 g/mol. The predicted molar refractivity (Wildman–Crippen MR) is 193 cm³/mol. The Morgan fingerprint density at radius 2 is 0.357 bits per heavy atom. The number of hydrogen-bond acceptors (Lipinski definition) is 3. The molecule has 0 radical (unpaired) electrons. The van der Waals surface area contributed by atoms with E-state index >= 15 is 0 Å². The Hall–Kier alpha value is -0.120.